The van der Waals surface area contributed by atoms with Crippen LogP contribution in [0, 0.1) is 5.92 Å². The lowest BCUT2D eigenvalue weighted by molar-refractivity contribution is -0.132. The van der Waals surface area contributed by atoms with Gasteiger partial charge in [-0.05, 0) is 31.7 Å². The summed E-state index contributed by atoms with van der Waals surface area (Å²) in [5.41, 5.74) is 5.23. The molecule has 6 nitrogen and oxygen atoms in total. The molecule has 0 bridgehead atoms. The van der Waals surface area contributed by atoms with Crippen LogP contribution in [-0.2, 0) is 9.59 Å². The second-order valence-electron chi connectivity index (χ2n) is 6.52. The molecule has 0 aromatic rings. The smallest absolute Gasteiger partial charge is 0.242 e. The molecule has 2 rings (SSSR count). The lowest BCUT2D eigenvalue weighted by Gasteiger charge is -2.28. The van der Waals surface area contributed by atoms with Gasteiger partial charge < -0.3 is 20.9 Å². The molecule has 6 heteroatoms. The van der Waals surface area contributed by atoms with Crippen molar-refractivity contribution in [3.05, 3.63) is 0 Å². The van der Waals surface area contributed by atoms with E-state index in [0.717, 1.165) is 38.5 Å². The largest absolute Gasteiger partial charge is 0.346 e. The Labute approximate surface area is 133 Å². The molecule has 1 saturated heterocycles. The van der Waals surface area contributed by atoms with E-state index in [0.29, 0.717) is 0 Å². The number of hydrogen-bond acceptors (Lipinski definition) is 4. The fraction of sp³-hybridized carbons (Fsp3) is 0.875. The summed E-state index contributed by atoms with van der Waals surface area (Å²) in [6, 6.07) is 0. The molecular formula is C16H30N4O2. The molecule has 0 aromatic carbocycles. The van der Waals surface area contributed by atoms with E-state index in [-0.39, 0.29) is 24.9 Å². The zero-order valence-corrected chi connectivity index (χ0v) is 13.6. The van der Waals surface area contributed by atoms with Crippen molar-refractivity contribution in [1.29, 1.82) is 0 Å². The van der Waals surface area contributed by atoms with Crippen LogP contribution >= 0.6 is 0 Å². The van der Waals surface area contributed by atoms with Gasteiger partial charge in [0, 0.05) is 26.2 Å². The van der Waals surface area contributed by atoms with E-state index in [1.54, 1.807) is 0 Å². The summed E-state index contributed by atoms with van der Waals surface area (Å²) in [4.78, 5) is 27.6. The zero-order chi connectivity index (χ0) is 15.8. The Bertz CT molecular complexity index is 369. The van der Waals surface area contributed by atoms with Crippen molar-refractivity contribution in [1.82, 2.24) is 15.1 Å². The zero-order valence-electron chi connectivity index (χ0n) is 13.6. The van der Waals surface area contributed by atoms with Gasteiger partial charge in [-0.3, -0.25) is 9.59 Å². The van der Waals surface area contributed by atoms with Crippen LogP contribution in [0.5, 0.6) is 0 Å². The molecule has 126 valence electrons. The molecular weight excluding hydrogens is 280 g/mol. The SMILES string of the molecule is NCC(=O)NCC(=O)N1CCCN(CC2CCCCC2)CC1. The minimum atomic E-state index is -0.276. The van der Waals surface area contributed by atoms with Crippen molar-refractivity contribution in [3.63, 3.8) is 0 Å². The third kappa shape index (κ3) is 5.57. The molecule has 0 atom stereocenters. The number of nitrogens with zero attached hydrogens (tertiary/aromatic N) is 2. The topological polar surface area (TPSA) is 78.7 Å². The monoisotopic (exact) mass is 310 g/mol. The average Bonchev–Trinajstić information content (AvgIpc) is 2.79. The van der Waals surface area contributed by atoms with Gasteiger partial charge in [-0.25, -0.2) is 0 Å². The first-order chi connectivity index (χ1) is 10.7. The van der Waals surface area contributed by atoms with Crippen LogP contribution < -0.4 is 11.1 Å². The van der Waals surface area contributed by atoms with Crippen molar-refractivity contribution in [2.75, 3.05) is 45.8 Å². The number of hydrogen-bond donors (Lipinski definition) is 2. The number of nitrogens with one attached hydrogen (secondary N) is 1. The predicted molar refractivity (Wildman–Crippen MR) is 86.3 cm³/mol. The molecule has 0 spiro atoms. The van der Waals surface area contributed by atoms with Crippen molar-refractivity contribution in [2.45, 2.75) is 38.5 Å². The molecule has 3 N–H and O–H groups in total. The quantitative estimate of drug-likeness (QED) is 0.759. The number of carbonyl (C=O) groups is 2. The first-order valence-electron chi connectivity index (χ1n) is 8.66. The Hall–Kier alpha value is -1.14. The van der Waals surface area contributed by atoms with E-state index in [9.17, 15) is 9.59 Å². The summed E-state index contributed by atoms with van der Waals surface area (Å²) < 4.78 is 0. The van der Waals surface area contributed by atoms with Crippen LogP contribution in [0.3, 0.4) is 0 Å². The van der Waals surface area contributed by atoms with Crippen LogP contribution in [0.25, 0.3) is 0 Å². The molecule has 2 amide bonds. The van der Waals surface area contributed by atoms with E-state index in [1.807, 2.05) is 4.90 Å². The summed E-state index contributed by atoms with van der Waals surface area (Å²) in [5.74, 6) is 0.572. The van der Waals surface area contributed by atoms with Crippen molar-refractivity contribution >= 4 is 11.8 Å². The average molecular weight is 310 g/mol. The van der Waals surface area contributed by atoms with Gasteiger partial charge in [0.1, 0.15) is 0 Å². The third-order valence-corrected chi connectivity index (χ3v) is 4.80. The first kappa shape index (κ1) is 17.2. The van der Waals surface area contributed by atoms with Gasteiger partial charge in [0.25, 0.3) is 0 Å². The van der Waals surface area contributed by atoms with Gasteiger partial charge in [0.15, 0.2) is 0 Å². The summed E-state index contributed by atoms with van der Waals surface area (Å²) >= 11 is 0. The van der Waals surface area contributed by atoms with E-state index >= 15 is 0 Å². The van der Waals surface area contributed by atoms with Crippen LogP contribution in [0.1, 0.15) is 38.5 Å². The van der Waals surface area contributed by atoms with Crippen molar-refractivity contribution < 1.29 is 9.59 Å². The number of rotatable bonds is 5. The Balaban J connectivity index is 1.71. The molecule has 1 saturated carbocycles. The minimum absolute atomic E-state index is 0.00122. The Morgan fingerprint density at radius 3 is 2.50 bits per heavy atom. The maximum atomic E-state index is 12.1. The highest BCUT2D eigenvalue weighted by Gasteiger charge is 2.22. The molecule has 22 heavy (non-hydrogen) atoms. The highest BCUT2D eigenvalue weighted by Crippen LogP contribution is 2.24. The Morgan fingerprint density at radius 2 is 1.77 bits per heavy atom. The minimum Gasteiger partial charge on any atom is -0.346 e. The van der Waals surface area contributed by atoms with Gasteiger partial charge in [-0.2, -0.15) is 0 Å². The summed E-state index contributed by atoms with van der Waals surface area (Å²) in [6.07, 6.45) is 7.90. The molecule has 1 aliphatic heterocycles. The van der Waals surface area contributed by atoms with Crippen molar-refractivity contribution in [2.24, 2.45) is 11.7 Å². The first-order valence-corrected chi connectivity index (χ1v) is 8.66. The number of nitrogens with two attached hydrogens (primary N) is 1. The summed E-state index contributed by atoms with van der Waals surface area (Å²) in [5, 5.41) is 2.56. The number of amides is 2. The van der Waals surface area contributed by atoms with Crippen LogP contribution in [0.4, 0.5) is 0 Å². The van der Waals surface area contributed by atoms with Gasteiger partial charge in [0.2, 0.25) is 11.8 Å². The lowest BCUT2D eigenvalue weighted by atomic mass is 9.89. The summed E-state index contributed by atoms with van der Waals surface area (Å²) in [7, 11) is 0. The Morgan fingerprint density at radius 1 is 1.00 bits per heavy atom. The number of carbonyl (C=O) groups excluding carboxylic acids is 2. The third-order valence-electron chi connectivity index (χ3n) is 4.80. The van der Waals surface area contributed by atoms with Crippen LogP contribution in [-0.4, -0.2) is 67.4 Å². The Kier molecular flexibility index (Phi) is 7.12. The van der Waals surface area contributed by atoms with Crippen LogP contribution in [0.2, 0.25) is 0 Å². The molecule has 2 aliphatic rings. The standard InChI is InChI=1S/C16H30N4O2/c17-11-15(21)18-12-16(22)20-8-4-7-19(9-10-20)13-14-5-2-1-3-6-14/h14H,1-13,17H2,(H,18,21). The highest BCUT2D eigenvalue weighted by atomic mass is 16.2. The summed E-state index contributed by atoms with van der Waals surface area (Å²) in [6.45, 7) is 4.78. The molecule has 1 aliphatic carbocycles. The maximum Gasteiger partial charge on any atom is 0.242 e. The molecule has 2 fully saturated rings. The molecule has 0 radical (unpaired) electrons. The second-order valence-corrected chi connectivity index (χ2v) is 6.52. The molecule has 0 aromatic heterocycles. The highest BCUT2D eigenvalue weighted by molar-refractivity contribution is 5.85. The second kappa shape index (κ2) is 9.10. The maximum absolute atomic E-state index is 12.1. The fourth-order valence-electron chi connectivity index (χ4n) is 3.50. The van der Waals surface area contributed by atoms with Gasteiger partial charge in [-0.15, -0.1) is 0 Å². The molecule has 0 unspecified atom stereocenters. The van der Waals surface area contributed by atoms with Crippen LogP contribution in [0.15, 0.2) is 0 Å². The fourth-order valence-corrected chi connectivity index (χ4v) is 3.50. The van der Waals surface area contributed by atoms with Gasteiger partial charge >= 0.3 is 0 Å². The van der Waals surface area contributed by atoms with E-state index in [1.165, 1.54) is 38.6 Å². The van der Waals surface area contributed by atoms with E-state index in [4.69, 9.17) is 5.73 Å². The van der Waals surface area contributed by atoms with Crippen molar-refractivity contribution in [3.8, 4) is 0 Å². The van der Waals surface area contributed by atoms with Gasteiger partial charge in [0.05, 0.1) is 13.1 Å². The lowest BCUT2D eigenvalue weighted by Crippen LogP contribution is -2.43. The van der Waals surface area contributed by atoms with E-state index < -0.39 is 0 Å². The molecule has 1 heterocycles. The predicted octanol–water partition coefficient (Wildman–Crippen LogP) is 0.176. The van der Waals surface area contributed by atoms with Gasteiger partial charge in [-0.1, -0.05) is 19.3 Å². The van der Waals surface area contributed by atoms with E-state index in [2.05, 4.69) is 10.2 Å². The normalized spacial score (nSPS) is 21.4.